The highest BCUT2D eigenvalue weighted by molar-refractivity contribution is 6.00. The zero-order chi connectivity index (χ0) is 36.8. The lowest BCUT2D eigenvalue weighted by molar-refractivity contribution is -0.142. The zero-order valence-electron chi connectivity index (χ0n) is 30.9. The predicted molar refractivity (Wildman–Crippen MR) is 191 cm³/mol. The van der Waals surface area contributed by atoms with Crippen LogP contribution < -0.4 is 10.6 Å². The van der Waals surface area contributed by atoms with Crippen molar-refractivity contribution in [2.45, 2.75) is 90.4 Å². The Morgan fingerprint density at radius 1 is 1.02 bits per heavy atom. The Morgan fingerprint density at radius 3 is 2.33 bits per heavy atom. The van der Waals surface area contributed by atoms with Crippen LogP contribution in [0, 0.1) is 29.5 Å². The van der Waals surface area contributed by atoms with Gasteiger partial charge >= 0.3 is 0 Å². The molecule has 5 rings (SSSR count). The van der Waals surface area contributed by atoms with Crippen molar-refractivity contribution in [3.63, 3.8) is 0 Å². The van der Waals surface area contributed by atoms with Crippen LogP contribution in [-0.4, -0.2) is 108 Å². The summed E-state index contributed by atoms with van der Waals surface area (Å²) in [6.45, 7) is 10.1. The number of carbonyl (C=O) groups is 4. The number of anilines is 1. The Labute approximate surface area is 300 Å². The van der Waals surface area contributed by atoms with Crippen molar-refractivity contribution in [1.82, 2.24) is 24.9 Å². The van der Waals surface area contributed by atoms with Crippen molar-refractivity contribution in [2.24, 2.45) is 23.7 Å². The number of aryl methyl sites for hydroxylation is 1. The summed E-state index contributed by atoms with van der Waals surface area (Å²) < 4.78 is 28.2. The molecular weight excluding hydrogens is 655 g/mol. The van der Waals surface area contributed by atoms with Crippen LogP contribution in [0.5, 0.6) is 0 Å². The SMILES string of the molecule is CCn1nccc1C(=O)C[C@H](C(=O)Nc1ccc([C@H](C)[C@@H](NC(=O)C(C)OCCOC)C(=O)N2CCN(C)[C@H](C)C2)cc1F)C(C1CC1)C1CC1. The number of amides is 3. The van der Waals surface area contributed by atoms with Crippen molar-refractivity contribution in [3.05, 3.63) is 47.5 Å². The van der Waals surface area contributed by atoms with Gasteiger partial charge in [-0.05, 0) is 95.0 Å². The van der Waals surface area contributed by atoms with Crippen molar-refractivity contribution >= 4 is 29.2 Å². The molecule has 2 aliphatic carbocycles. The van der Waals surface area contributed by atoms with E-state index in [-0.39, 0.29) is 48.3 Å². The third kappa shape index (κ3) is 9.61. The minimum Gasteiger partial charge on any atom is -0.382 e. The molecule has 12 nitrogen and oxygen atoms in total. The summed E-state index contributed by atoms with van der Waals surface area (Å²) in [6.07, 6.45) is 4.94. The molecule has 0 radical (unpaired) electrons. The number of hydrogen-bond acceptors (Lipinski definition) is 8. The number of piperazine rings is 1. The van der Waals surface area contributed by atoms with Gasteiger partial charge in [0.2, 0.25) is 17.7 Å². The number of aromatic nitrogens is 2. The minimum absolute atomic E-state index is 0.0114. The quantitative estimate of drug-likeness (QED) is 0.175. The van der Waals surface area contributed by atoms with E-state index in [4.69, 9.17) is 9.47 Å². The maximum absolute atomic E-state index is 15.9. The number of rotatable bonds is 18. The van der Waals surface area contributed by atoms with Crippen LogP contribution in [0.2, 0.25) is 0 Å². The monoisotopic (exact) mass is 710 g/mol. The van der Waals surface area contributed by atoms with E-state index >= 15 is 4.39 Å². The number of carbonyl (C=O) groups excluding carboxylic acids is 4. The second-order valence-corrected chi connectivity index (χ2v) is 14.6. The molecule has 51 heavy (non-hydrogen) atoms. The van der Waals surface area contributed by atoms with Crippen LogP contribution in [0.3, 0.4) is 0 Å². The van der Waals surface area contributed by atoms with Gasteiger partial charge in [-0.3, -0.25) is 23.9 Å². The van der Waals surface area contributed by atoms with Gasteiger partial charge in [0, 0.05) is 63.8 Å². The van der Waals surface area contributed by atoms with Gasteiger partial charge in [0.15, 0.2) is 5.78 Å². The number of ketones is 1. The molecule has 3 fully saturated rings. The van der Waals surface area contributed by atoms with Crippen LogP contribution in [0.1, 0.15) is 81.8 Å². The summed E-state index contributed by atoms with van der Waals surface area (Å²) in [5, 5.41) is 9.94. The summed E-state index contributed by atoms with van der Waals surface area (Å²) >= 11 is 0. The number of hydrogen-bond donors (Lipinski definition) is 2. The zero-order valence-corrected chi connectivity index (χ0v) is 30.9. The van der Waals surface area contributed by atoms with E-state index in [0.717, 1.165) is 25.7 Å². The normalized spacial score (nSPS) is 20.5. The first kappa shape index (κ1) is 38.5. The van der Waals surface area contributed by atoms with Crippen LogP contribution in [-0.2, 0) is 30.4 Å². The van der Waals surface area contributed by atoms with E-state index in [1.54, 1.807) is 48.9 Å². The lowest BCUT2D eigenvalue weighted by atomic mass is 9.80. The number of methoxy groups -OCH3 is 1. The standard InChI is InChI=1S/C38H55FN6O6/c1-7-45-32(14-15-40-45)33(46)21-29(34(26-8-9-26)27-10-11-27)37(48)41-31-13-12-28(20-30(31)39)24(3)35(42-36(47)25(4)51-19-18-50-6)38(49)44-17-16-43(5)23(2)22-44/h12-15,20,23-27,29,34-35H,7-11,16-19,21-22H2,1-6H3,(H,41,48)(H,42,47)/t23-,24+,25?,29+,35-/m1/s1. The van der Waals surface area contributed by atoms with Gasteiger partial charge in [0.05, 0.1) is 18.9 Å². The number of ether oxygens (including phenoxy) is 2. The van der Waals surface area contributed by atoms with E-state index in [1.807, 2.05) is 20.9 Å². The molecule has 2 aromatic rings. The van der Waals surface area contributed by atoms with Gasteiger partial charge in [0.25, 0.3) is 0 Å². The second kappa shape index (κ2) is 17.2. The molecule has 3 aliphatic rings. The summed E-state index contributed by atoms with van der Waals surface area (Å²) in [6, 6.07) is 5.34. The molecule has 1 unspecified atom stereocenters. The average molecular weight is 711 g/mol. The number of likely N-dealkylation sites (N-methyl/N-ethyl adjacent to an activating group) is 1. The predicted octanol–water partition coefficient (Wildman–Crippen LogP) is 4.11. The number of Topliss-reactive ketones (excluding diaryl/α,β-unsaturated/α-hetero) is 1. The summed E-state index contributed by atoms with van der Waals surface area (Å²) in [7, 11) is 3.55. The smallest absolute Gasteiger partial charge is 0.249 e. The van der Waals surface area contributed by atoms with E-state index in [0.29, 0.717) is 55.9 Å². The Morgan fingerprint density at radius 2 is 1.73 bits per heavy atom. The highest BCUT2D eigenvalue weighted by Crippen LogP contribution is 2.53. The molecule has 2 saturated carbocycles. The Balaban J connectivity index is 1.34. The topological polar surface area (TPSA) is 135 Å². The van der Waals surface area contributed by atoms with Gasteiger partial charge in [-0.15, -0.1) is 0 Å². The van der Waals surface area contributed by atoms with Crippen LogP contribution in [0.15, 0.2) is 30.5 Å². The van der Waals surface area contributed by atoms with Crippen molar-refractivity contribution < 1.29 is 33.0 Å². The maximum Gasteiger partial charge on any atom is 0.249 e. The van der Waals surface area contributed by atoms with Gasteiger partial charge in [-0.25, -0.2) is 4.39 Å². The first-order valence-corrected chi connectivity index (χ1v) is 18.5. The molecule has 3 amide bonds. The van der Waals surface area contributed by atoms with Crippen LogP contribution in [0.4, 0.5) is 10.1 Å². The lowest BCUT2D eigenvalue weighted by Crippen LogP contribution is -2.58. The van der Waals surface area contributed by atoms with Crippen LogP contribution >= 0.6 is 0 Å². The Kier molecular flexibility index (Phi) is 13.0. The Hall–Kier alpha value is -3.68. The molecule has 280 valence electrons. The molecule has 2 N–H and O–H groups in total. The van der Waals surface area contributed by atoms with Crippen molar-refractivity contribution in [2.75, 3.05) is 52.3 Å². The van der Waals surface area contributed by atoms with Gasteiger partial charge in [0.1, 0.15) is 23.7 Å². The maximum atomic E-state index is 15.9. The minimum atomic E-state index is -0.980. The summed E-state index contributed by atoms with van der Waals surface area (Å²) in [5.74, 6) is -2.19. The van der Waals surface area contributed by atoms with E-state index in [2.05, 4.69) is 20.6 Å². The van der Waals surface area contributed by atoms with Crippen LogP contribution in [0.25, 0.3) is 0 Å². The molecule has 0 spiro atoms. The van der Waals surface area contributed by atoms with E-state index in [9.17, 15) is 19.2 Å². The summed E-state index contributed by atoms with van der Waals surface area (Å²) in [5.41, 5.74) is 0.980. The fraction of sp³-hybridized carbons (Fsp3) is 0.658. The highest BCUT2D eigenvalue weighted by Gasteiger charge is 2.48. The lowest BCUT2D eigenvalue weighted by Gasteiger charge is -2.40. The fourth-order valence-corrected chi connectivity index (χ4v) is 7.37. The molecule has 1 saturated heterocycles. The Bertz CT molecular complexity index is 1530. The first-order valence-electron chi connectivity index (χ1n) is 18.5. The molecule has 1 aromatic carbocycles. The van der Waals surface area contributed by atoms with Gasteiger partial charge in [-0.1, -0.05) is 13.0 Å². The van der Waals surface area contributed by atoms with E-state index < -0.39 is 35.7 Å². The molecule has 5 atom stereocenters. The largest absolute Gasteiger partial charge is 0.382 e. The molecule has 1 aliphatic heterocycles. The highest BCUT2D eigenvalue weighted by atomic mass is 19.1. The molecule has 1 aromatic heterocycles. The molecule has 2 heterocycles. The van der Waals surface area contributed by atoms with Crippen molar-refractivity contribution in [3.8, 4) is 0 Å². The number of nitrogens with zero attached hydrogens (tertiary/aromatic N) is 4. The molecule has 13 heteroatoms. The second-order valence-electron chi connectivity index (χ2n) is 14.6. The molecule has 0 bridgehead atoms. The van der Waals surface area contributed by atoms with Crippen molar-refractivity contribution in [1.29, 1.82) is 0 Å². The van der Waals surface area contributed by atoms with E-state index in [1.165, 1.54) is 12.1 Å². The number of nitrogens with one attached hydrogen (secondary N) is 2. The number of halogens is 1. The van der Waals surface area contributed by atoms with Gasteiger partial charge in [-0.2, -0.15) is 5.10 Å². The average Bonchev–Trinajstić information content (AvgIpc) is 4.07. The third-order valence-corrected chi connectivity index (χ3v) is 11.0. The number of benzene rings is 1. The molecular formula is C38H55FN6O6. The summed E-state index contributed by atoms with van der Waals surface area (Å²) in [4.78, 5) is 58.6. The third-order valence-electron chi connectivity index (χ3n) is 11.0. The first-order chi connectivity index (χ1) is 24.4. The fourth-order valence-electron chi connectivity index (χ4n) is 7.37. The van der Waals surface area contributed by atoms with Gasteiger partial charge < -0.3 is 29.9 Å².